The summed E-state index contributed by atoms with van der Waals surface area (Å²) in [6.07, 6.45) is 0. The summed E-state index contributed by atoms with van der Waals surface area (Å²) in [6, 6.07) is 8.33. The number of hydrogen-bond donors (Lipinski definition) is 0. The Labute approximate surface area is 124 Å². The van der Waals surface area contributed by atoms with Gasteiger partial charge in [-0.15, -0.1) is 0 Å². The van der Waals surface area contributed by atoms with Crippen molar-refractivity contribution < 1.29 is 4.74 Å². The van der Waals surface area contributed by atoms with Crippen LogP contribution in [-0.2, 0) is 5.54 Å². The van der Waals surface area contributed by atoms with Crippen molar-refractivity contribution in [3.05, 3.63) is 29.8 Å². The molecule has 1 aromatic rings. The molecular formula is C17H30N2O. The van der Waals surface area contributed by atoms with Gasteiger partial charge < -0.3 is 9.64 Å². The molecule has 0 amide bonds. The molecule has 1 rings (SSSR count). The fourth-order valence-electron chi connectivity index (χ4n) is 2.60. The van der Waals surface area contributed by atoms with E-state index >= 15 is 0 Å². The van der Waals surface area contributed by atoms with E-state index in [2.05, 4.69) is 56.7 Å². The average molecular weight is 278 g/mol. The molecule has 3 nitrogen and oxygen atoms in total. The van der Waals surface area contributed by atoms with Crippen LogP contribution in [0, 0.1) is 0 Å². The second-order valence-electron chi connectivity index (χ2n) is 5.73. The summed E-state index contributed by atoms with van der Waals surface area (Å²) < 4.78 is 5.54. The first-order chi connectivity index (χ1) is 9.47. The van der Waals surface area contributed by atoms with Crippen molar-refractivity contribution in [3.8, 4) is 5.75 Å². The van der Waals surface area contributed by atoms with Crippen LogP contribution >= 0.6 is 0 Å². The van der Waals surface area contributed by atoms with Crippen LogP contribution in [0.1, 0.15) is 33.3 Å². The molecule has 3 heteroatoms. The topological polar surface area (TPSA) is 15.7 Å². The van der Waals surface area contributed by atoms with Gasteiger partial charge in [0, 0.05) is 24.2 Å². The number of rotatable bonds is 8. The van der Waals surface area contributed by atoms with E-state index in [1.165, 1.54) is 5.56 Å². The lowest BCUT2D eigenvalue weighted by atomic mass is 9.91. The zero-order chi connectivity index (χ0) is 15.2. The average Bonchev–Trinajstić information content (AvgIpc) is 2.47. The van der Waals surface area contributed by atoms with Gasteiger partial charge in [0.1, 0.15) is 5.75 Å². The van der Waals surface area contributed by atoms with Gasteiger partial charge >= 0.3 is 0 Å². The molecular weight excluding hydrogens is 248 g/mol. The smallest absolute Gasteiger partial charge is 0.123 e. The third kappa shape index (κ3) is 3.97. The highest BCUT2D eigenvalue weighted by molar-refractivity contribution is 5.38. The zero-order valence-corrected chi connectivity index (χ0v) is 13.9. The highest BCUT2D eigenvalue weighted by Gasteiger charge is 2.30. The highest BCUT2D eigenvalue weighted by atomic mass is 16.5. The van der Waals surface area contributed by atoms with E-state index in [-0.39, 0.29) is 5.54 Å². The largest absolute Gasteiger partial charge is 0.496 e. The van der Waals surface area contributed by atoms with Crippen molar-refractivity contribution in [1.29, 1.82) is 0 Å². The van der Waals surface area contributed by atoms with Crippen molar-refractivity contribution in [2.45, 2.75) is 33.2 Å². The van der Waals surface area contributed by atoms with Gasteiger partial charge in [-0.05, 0) is 40.1 Å². The Morgan fingerprint density at radius 1 is 1.05 bits per heavy atom. The Hall–Kier alpha value is -1.06. The number of ether oxygens (including phenoxy) is 1. The lowest BCUT2D eigenvalue weighted by Gasteiger charge is -2.39. The maximum absolute atomic E-state index is 5.54. The molecule has 0 saturated carbocycles. The molecule has 0 bridgehead atoms. The second-order valence-corrected chi connectivity index (χ2v) is 5.73. The normalized spacial score (nSPS) is 12.2. The predicted octanol–water partition coefficient (Wildman–Crippen LogP) is 3.20. The molecule has 0 aromatic heterocycles. The summed E-state index contributed by atoms with van der Waals surface area (Å²) in [7, 11) is 3.92. The first-order valence-corrected chi connectivity index (χ1v) is 7.54. The van der Waals surface area contributed by atoms with Crippen LogP contribution in [0.4, 0.5) is 0 Å². The monoisotopic (exact) mass is 278 g/mol. The van der Waals surface area contributed by atoms with Crippen molar-refractivity contribution >= 4 is 0 Å². The van der Waals surface area contributed by atoms with Gasteiger partial charge in [0.05, 0.1) is 7.11 Å². The predicted molar refractivity (Wildman–Crippen MR) is 86.4 cm³/mol. The van der Waals surface area contributed by atoms with E-state index in [0.717, 1.165) is 31.9 Å². The van der Waals surface area contributed by atoms with Gasteiger partial charge in [0.25, 0.3) is 0 Å². The van der Waals surface area contributed by atoms with E-state index in [0.29, 0.717) is 0 Å². The van der Waals surface area contributed by atoms with Gasteiger partial charge in [-0.25, -0.2) is 0 Å². The van der Waals surface area contributed by atoms with Gasteiger partial charge in [0.2, 0.25) is 0 Å². The van der Waals surface area contributed by atoms with Crippen LogP contribution < -0.4 is 4.74 Å². The Bertz CT molecular complexity index is 404. The molecule has 0 fully saturated rings. The van der Waals surface area contributed by atoms with Crippen molar-refractivity contribution in [2.75, 3.05) is 40.3 Å². The molecule has 1 aromatic carbocycles. The molecule has 114 valence electrons. The van der Waals surface area contributed by atoms with E-state index in [1.54, 1.807) is 7.11 Å². The number of likely N-dealkylation sites (N-methyl/N-ethyl adjacent to an activating group) is 2. The van der Waals surface area contributed by atoms with Crippen molar-refractivity contribution in [1.82, 2.24) is 9.80 Å². The van der Waals surface area contributed by atoms with Crippen LogP contribution in [0.15, 0.2) is 24.3 Å². The Balaban J connectivity index is 2.93. The fourth-order valence-corrected chi connectivity index (χ4v) is 2.60. The maximum Gasteiger partial charge on any atom is 0.123 e. The van der Waals surface area contributed by atoms with E-state index in [9.17, 15) is 0 Å². The fraction of sp³-hybridized carbons (Fsp3) is 0.647. The van der Waals surface area contributed by atoms with Gasteiger partial charge in [0.15, 0.2) is 0 Å². The van der Waals surface area contributed by atoms with Crippen LogP contribution in [0.2, 0.25) is 0 Å². The molecule has 0 atom stereocenters. The lowest BCUT2D eigenvalue weighted by Crippen LogP contribution is -2.45. The van der Waals surface area contributed by atoms with Crippen molar-refractivity contribution in [3.63, 3.8) is 0 Å². The number of methoxy groups -OCH3 is 1. The molecule has 0 radical (unpaired) electrons. The molecule has 0 spiro atoms. The minimum atomic E-state index is -0.0318. The third-order valence-corrected chi connectivity index (χ3v) is 4.23. The van der Waals surface area contributed by atoms with E-state index in [4.69, 9.17) is 4.74 Å². The number of benzene rings is 1. The number of para-hydroxylation sites is 1. The summed E-state index contributed by atoms with van der Waals surface area (Å²) in [6.45, 7) is 13.2. The minimum Gasteiger partial charge on any atom is -0.496 e. The molecule has 0 saturated heterocycles. The van der Waals surface area contributed by atoms with Crippen LogP contribution in [0.3, 0.4) is 0 Å². The molecule has 0 aliphatic carbocycles. The summed E-state index contributed by atoms with van der Waals surface area (Å²) >= 11 is 0. The van der Waals surface area contributed by atoms with Crippen LogP contribution in [0.5, 0.6) is 5.75 Å². The zero-order valence-electron chi connectivity index (χ0n) is 13.9. The van der Waals surface area contributed by atoms with Gasteiger partial charge in [-0.1, -0.05) is 32.0 Å². The maximum atomic E-state index is 5.54. The quantitative estimate of drug-likeness (QED) is 0.726. The summed E-state index contributed by atoms with van der Waals surface area (Å²) in [4.78, 5) is 4.86. The number of nitrogens with zero attached hydrogens (tertiary/aromatic N) is 2. The van der Waals surface area contributed by atoms with Crippen LogP contribution in [-0.4, -0.2) is 50.1 Å². The van der Waals surface area contributed by atoms with Gasteiger partial charge in [-0.3, -0.25) is 4.90 Å². The Morgan fingerprint density at radius 2 is 1.70 bits per heavy atom. The van der Waals surface area contributed by atoms with Crippen molar-refractivity contribution in [2.24, 2.45) is 0 Å². The molecule has 0 N–H and O–H groups in total. The summed E-state index contributed by atoms with van der Waals surface area (Å²) in [5.74, 6) is 0.972. The molecule has 0 aliphatic heterocycles. The summed E-state index contributed by atoms with van der Waals surface area (Å²) in [5, 5.41) is 0. The van der Waals surface area contributed by atoms with Gasteiger partial charge in [-0.2, -0.15) is 0 Å². The highest BCUT2D eigenvalue weighted by Crippen LogP contribution is 2.34. The standard InChI is InChI=1S/C17H30N2O/c1-7-18(5)13-14-19(8-2)17(3,4)15-11-9-10-12-16(15)20-6/h9-12H,7-8,13-14H2,1-6H3. The first kappa shape index (κ1) is 17.0. The first-order valence-electron chi connectivity index (χ1n) is 7.54. The van der Waals surface area contributed by atoms with E-state index in [1.807, 2.05) is 12.1 Å². The SMILES string of the molecule is CCN(C)CCN(CC)C(C)(C)c1ccccc1OC. The Morgan fingerprint density at radius 3 is 2.25 bits per heavy atom. The summed E-state index contributed by atoms with van der Waals surface area (Å²) in [5.41, 5.74) is 1.22. The van der Waals surface area contributed by atoms with E-state index < -0.39 is 0 Å². The Kier molecular flexibility index (Phi) is 6.50. The molecule has 20 heavy (non-hydrogen) atoms. The number of hydrogen-bond acceptors (Lipinski definition) is 3. The lowest BCUT2D eigenvalue weighted by molar-refractivity contribution is 0.110. The third-order valence-electron chi connectivity index (χ3n) is 4.23. The van der Waals surface area contributed by atoms with Crippen LogP contribution in [0.25, 0.3) is 0 Å². The second kappa shape index (κ2) is 7.65. The minimum absolute atomic E-state index is 0.0318. The molecule has 0 unspecified atom stereocenters. The molecule has 0 aliphatic rings. The molecule has 0 heterocycles.